The minimum atomic E-state index is 0.768. The highest BCUT2D eigenvalue weighted by molar-refractivity contribution is 5.83. The number of nitrogens with zero attached hydrogens (tertiary/aromatic N) is 1. The Kier molecular flexibility index (Phi) is 3.05. The number of hydrogen-bond donors (Lipinski definition) is 0. The number of benzene rings is 1. The van der Waals surface area contributed by atoms with Crippen LogP contribution in [0.3, 0.4) is 0 Å². The molecule has 0 aromatic heterocycles. The van der Waals surface area contributed by atoms with E-state index < -0.39 is 0 Å². The third-order valence-corrected chi connectivity index (χ3v) is 5.09. The van der Waals surface area contributed by atoms with Gasteiger partial charge in [-0.3, -0.25) is 4.99 Å². The van der Waals surface area contributed by atoms with Crippen LogP contribution >= 0.6 is 0 Å². The molecule has 2 heterocycles. The minimum absolute atomic E-state index is 0.768. The minimum Gasteiger partial charge on any atom is -0.493 e. The first-order valence-electron chi connectivity index (χ1n) is 8.13. The van der Waals surface area contributed by atoms with Crippen LogP contribution in [0.5, 0.6) is 5.75 Å². The summed E-state index contributed by atoms with van der Waals surface area (Å²) in [5, 5.41) is 0. The van der Waals surface area contributed by atoms with Crippen molar-refractivity contribution in [1.29, 1.82) is 0 Å². The van der Waals surface area contributed by atoms with E-state index >= 15 is 0 Å². The van der Waals surface area contributed by atoms with Gasteiger partial charge in [0.05, 0.1) is 6.61 Å². The van der Waals surface area contributed by atoms with Gasteiger partial charge in [-0.05, 0) is 72.6 Å². The van der Waals surface area contributed by atoms with E-state index in [4.69, 9.17) is 4.74 Å². The highest BCUT2D eigenvalue weighted by Crippen LogP contribution is 2.45. The van der Waals surface area contributed by atoms with Gasteiger partial charge in [-0.2, -0.15) is 0 Å². The Morgan fingerprint density at radius 3 is 2.85 bits per heavy atom. The van der Waals surface area contributed by atoms with E-state index in [1.807, 2.05) is 0 Å². The summed E-state index contributed by atoms with van der Waals surface area (Å²) in [6, 6.07) is 4.65. The Morgan fingerprint density at radius 1 is 1.25 bits per heavy atom. The van der Waals surface area contributed by atoms with Crippen LogP contribution in [0.2, 0.25) is 0 Å². The second-order valence-electron chi connectivity index (χ2n) is 6.73. The molecule has 2 fully saturated rings. The van der Waals surface area contributed by atoms with Gasteiger partial charge < -0.3 is 4.74 Å². The molecule has 2 saturated carbocycles. The maximum atomic E-state index is 6.08. The zero-order valence-corrected chi connectivity index (χ0v) is 12.3. The number of aryl methyl sites for hydroxylation is 1. The second-order valence-corrected chi connectivity index (χ2v) is 6.73. The molecule has 1 aromatic carbocycles. The Balaban J connectivity index is 1.67. The standard InChI is InChI=1S/C18H23NO/c1-2-14-7-17-15-5-13(6-15)9-19-10-16(17)8-18(14)20-11-12-3-4-12/h7-8,10,12-13,15H,2-6,9,11H2,1H3/b19-10-. The molecule has 2 aliphatic heterocycles. The van der Waals surface area contributed by atoms with Gasteiger partial charge in [-0.25, -0.2) is 0 Å². The first-order chi connectivity index (χ1) is 9.83. The lowest BCUT2D eigenvalue weighted by Crippen LogP contribution is -2.27. The Labute approximate surface area is 121 Å². The van der Waals surface area contributed by atoms with Crippen molar-refractivity contribution >= 4 is 6.21 Å². The van der Waals surface area contributed by atoms with Crippen LogP contribution in [0.1, 0.15) is 55.2 Å². The van der Waals surface area contributed by atoms with Crippen LogP contribution in [-0.4, -0.2) is 19.4 Å². The molecule has 2 aliphatic carbocycles. The Hall–Kier alpha value is -1.31. The lowest BCUT2D eigenvalue weighted by molar-refractivity contribution is 0.269. The fourth-order valence-electron chi connectivity index (χ4n) is 3.47. The van der Waals surface area contributed by atoms with Crippen molar-refractivity contribution in [3.05, 3.63) is 28.8 Å². The number of hydrogen-bond acceptors (Lipinski definition) is 2. The highest BCUT2D eigenvalue weighted by atomic mass is 16.5. The maximum absolute atomic E-state index is 6.08. The van der Waals surface area contributed by atoms with E-state index in [0.717, 1.165) is 43.1 Å². The molecule has 2 nitrogen and oxygen atoms in total. The van der Waals surface area contributed by atoms with Crippen LogP contribution in [0.25, 0.3) is 0 Å². The van der Waals surface area contributed by atoms with Crippen molar-refractivity contribution in [3.63, 3.8) is 0 Å². The van der Waals surface area contributed by atoms with Crippen LogP contribution in [-0.2, 0) is 6.42 Å². The van der Waals surface area contributed by atoms with Gasteiger partial charge in [-0.1, -0.05) is 13.0 Å². The third-order valence-electron chi connectivity index (χ3n) is 5.09. The molecule has 0 unspecified atom stereocenters. The van der Waals surface area contributed by atoms with Crippen molar-refractivity contribution < 1.29 is 4.74 Å². The third kappa shape index (κ3) is 2.25. The quantitative estimate of drug-likeness (QED) is 0.810. The van der Waals surface area contributed by atoms with E-state index in [2.05, 4.69) is 30.3 Å². The van der Waals surface area contributed by atoms with E-state index in [-0.39, 0.29) is 0 Å². The van der Waals surface area contributed by atoms with Crippen LogP contribution < -0.4 is 4.74 Å². The van der Waals surface area contributed by atoms with Gasteiger partial charge in [-0.15, -0.1) is 0 Å². The fourth-order valence-corrected chi connectivity index (χ4v) is 3.47. The van der Waals surface area contributed by atoms with Crippen molar-refractivity contribution in [2.45, 2.75) is 44.9 Å². The number of aliphatic imine (C=N–C) groups is 1. The number of rotatable bonds is 4. The molecule has 0 spiro atoms. The fraction of sp³-hybridized carbons (Fsp3) is 0.611. The van der Waals surface area contributed by atoms with Gasteiger partial charge in [0.15, 0.2) is 0 Å². The van der Waals surface area contributed by atoms with Crippen LogP contribution in [0, 0.1) is 11.8 Å². The van der Waals surface area contributed by atoms with E-state index in [1.165, 1.54) is 42.4 Å². The number of ether oxygens (including phenoxy) is 1. The van der Waals surface area contributed by atoms with Gasteiger partial charge in [0.25, 0.3) is 0 Å². The molecule has 0 saturated heterocycles. The predicted molar refractivity (Wildman–Crippen MR) is 82.0 cm³/mol. The highest BCUT2D eigenvalue weighted by Gasteiger charge is 2.33. The molecule has 5 rings (SSSR count). The molecule has 0 amide bonds. The summed E-state index contributed by atoms with van der Waals surface area (Å²) in [7, 11) is 0. The Bertz CT molecular complexity index is 539. The Morgan fingerprint density at radius 2 is 2.10 bits per heavy atom. The van der Waals surface area contributed by atoms with Crippen molar-refractivity contribution in [1.82, 2.24) is 0 Å². The summed E-state index contributed by atoms with van der Waals surface area (Å²) < 4.78 is 6.08. The topological polar surface area (TPSA) is 21.6 Å². The van der Waals surface area contributed by atoms with Crippen molar-refractivity contribution in [2.24, 2.45) is 16.8 Å². The van der Waals surface area contributed by atoms with Gasteiger partial charge in [0.1, 0.15) is 5.75 Å². The molecule has 2 heteroatoms. The lowest BCUT2D eigenvalue weighted by atomic mass is 9.69. The molecule has 106 valence electrons. The SMILES string of the molecule is CCc1cc2c(cc1OCC1CC1)/C=N\CC1CC2C1. The predicted octanol–water partition coefficient (Wildman–Crippen LogP) is 3.96. The molecule has 2 bridgehead atoms. The molecule has 0 atom stereocenters. The van der Waals surface area contributed by atoms with Gasteiger partial charge >= 0.3 is 0 Å². The molecule has 20 heavy (non-hydrogen) atoms. The smallest absolute Gasteiger partial charge is 0.123 e. The largest absolute Gasteiger partial charge is 0.493 e. The lowest BCUT2D eigenvalue weighted by Gasteiger charge is -2.37. The number of fused-ring (bicyclic) bond motifs is 1. The molecule has 1 aromatic rings. The molecule has 0 N–H and O–H groups in total. The maximum Gasteiger partial charge on any atom is 0.123 e. The summed E-state index contributed by atoms with van der Waals surface area (Å²) >= 11 is 0. The average molecular weight is 269 g/mol. The summed E-state index contributed by atoms with van der Waals surface area (Å²) in [5.74, 6) is 3.51. The van der Waals surface area contributed by atoms with Crippen LogP contribution in [0.4, 0.5) is 0 Å². The van der Waals surface area contributed by atoms with Gasteiger partial charge in [0.2, 0.25) is 0 Å². The molecule has 4 aliphatic rings. The van der Waals surface area contributed by atoms with E-state index in [0.29, 0.717) is 0 Å². The molecular weight excluding hydrogens is 246 g/mol. The van der Waals surface area contributed by atoms with E-state index in [1.54, 1.807) is 0 Å². The molecular formula is C18H23NO. The van der Waals surface area contributed by atoms with Crippen molar-refractivity contribution in [2.75, 3.05) is 13.2 Å². The second kappa shape index (κ2) is 4.91. The van der Waals surface area contributed by atoms with Crippen molar-refractivity contribution in [3.8, 4) is 5.75 Å². The van der Waals surface area contributed by atoms with Gasteiger partial charge in [0, 0.05) is 12.8 Å². The zero-order chi connectivity index (χ0) is 13.5. The normalized spacial score (nSPS) is 28.9. The summed E-state index contributed by atoms with van der Waals surface area (Å²) in [6.07, 6.45) is 8.48. The average Bonchev–Trinajstić information content (AvgIpc) is 3.19. The first kappa shape index (κ1) is 12.4. The summed E-state index contributed by atoms with van der Waals surface area (Å²) in [5.41, 5.74) is 4.19. The molecule has 0 radical (unpaired) electrons. The summed E-state index contributed by atoms with van der Waals surface area (Å²) in [6.45, 7) is 4.14. The van der Waals surface area contributed by atoms with Crippen LogP contribution in [0.15, 0.2) is 17.1 Å². The van der Waals surface area contributed by atoms with E-state index in [9.17, 15) is 0 Å². The first-order valence-corrected chi connectivity index (χ1v) is 8.13. The monoisotopic (exact) mass is 269 g/mol. The zero-order valence-electron chi connectivity index (χ0n) is 12.3. The summed E-state index contributed by atoms with van der Waals surface area (Å²) in [4.78, 5) is 4.61.